The maximum atomic E-state index is 12.9. The van der Waals surface area contributed by atoms with Gasteiger partial charge in [0.25, 0.3) is 10.0 Å². The highest BCUT2D eigenvalue weighted by molar-refractivity contribution is 7.90. The highest BCUT2D eigenvalue weighted by Gasteiger charge is 2.32. The molecule has 1 aromatic heterocycles. The first kappa shape index (κ1) is 16.5. The Labute approximate surface area is 157 Å². The summed E-state index contributed by atoms with van der Waals surface area (Å²) < 4.78 is 26.9. The van der Waals surface area contributed by atoms with E-state index in [4.69, 9.17) is 0 Å². The molecule has 0 radical (unpaired) electrons. The van der Waals surface area contributed by atoms with Crippen molar-refractivity contribution in [1.29, 1.82) is 0 Å². The molecule has 1 saturated heterocycles. The minimum atomic E-state index is -3.76. The molecule has 0 saturated carbocycles. The number of nitrogens with zero attached hydrogens (tertiary/aromatic N) is 3. The second-order valence-electron chi connectivity index (χ2n) is 6.84. The number of piperidine rings is 1. The first-order chi connectivity index (χ1) is 13.1. The average molecular weight is 381 g/mol. The van der Waals surface area contributed by atoms with Crippen molar-refractivity contribution in [2.24, 2.45) is 0 Å². The van der Waals surface area contributed by atoms with Crippen molar-refractivity contribution >= 4 is 21.7 Å². The average Bonchev–Trinajstić information content (AvgIpc) is 3.14. The van der Waals surface area contributed by atoms with Gasteiger partial charge in [-0.1, -0.05) is 36.4 Å². The van der Waals surface area contributed by atoms with E-state index in [1.165, 1.54) is 5.56 Å². The Kier molecular flexibility index (Phi) is 3.76. The van der Waals surface area contributed by atoms with Gasteiger partial charge in [0.15, 0.2) is 5.82 Å². The molecule has 2 aromatic carbocycles. The third kappa shape index (κ3) is 2.64. The summed E-state index contributed by atoms with van der Waals surface area (Å²) in [5, 5.41) is 10.8. The molecule has 3 aromatic rings. The van der Waals surface area contributed by atoms with Gasteiger partial charge in [-0.05, 0) is 49.5 Å². The van der Waals surface area contributed by atoms with Gasteiger partial charge in [-0.15, -0.1) is 9.19 Å². The van der Waals surface area contributed by atoms with Crippen LogP contribution >= 0.6 is 0 Å². The topological polar surface area (TPSA) is 88.9 Å². The number of anilines is 2. The van der Waals surface area contributed by atoms with Crippen LogP contribution in [0.2, 0.25) is 0 Å². The van der Waals surface area contributed by atoms with E-state index in [-0.39, 0.29) is 10.8 Å². The number of nitrogens with one attached hydrogen (secondary N) is 2. The molecule has 0 atom stereocenters. The van der Waals surface area contributed by atoms with Gasteiger partial charge < -0.3 is 10.6 Å². The molecule has 0 aliphatic carbocycles. The van der Waals surface area contributed by atoms with Gasteiger partial charge in [-0.2, -0.15) is 13.4 Å². The number of rotatable bonds is 2. The van der Waals surface area contributed by atoms with E-state index in [1.54, 1.807) is 24.3 Å². The number of aromatic nitrogens is 3. The molecule has 1 fully saturated rings. The fourth-order valence-corrected chi connectivity index (χ4v) is 5.19. The SMILES string of the molecule is O=S1(=O)c2ccccc2Nc2nc(-c3ccccc3C3CCNCC3)nn21. The monoisotopic (exact) mass is 381 g/mol. The normalized spacial score (nSPS) is 18.4. The van der Waals surface area contributed by atoms with Crippen LogP contribution in [0.1, 0.15) is 24.3 Å². The Bertz CT molecular complexity index is 1120. The first-order valence-electron chi connectivity index (χ1n) is 9.03. The quantitative estimate of drug-likeness (QED) is 0.555. The number of hydrogen-bond acceptors (Lipinski definition) is 6. The van der Waals surface area contributed by atoms with E-state index >= 15 is 0 Å². The van der Waals surface area contributed by atoms with Crippen LogP contribution in [0.4, 0.5) is 11.6 Å². The molecule has 8 heteroatoms. The second-order valence-corrected chi connectivity index (χ2v) is 8.58. The lowest BCUT2D eigenvalue weighted by molar-refractivity contribution is 0.461. The van der Waals surface area contributed by atoms with Crippen LogP contribution in [0.5, 0.6) is 0 Å². The molecular formula is C19H19N5O2S. The van der Waals surface area contributed by atoms with E-state index in [1.807, 2.05) is 18.2 Å². The second kappa shape index (κ2) is 6.17. The Morgan fingerprint density at radius 3 is 2.59 bits per heavy atom. The number of fused-ring (bicyclic) bond motifs is 2. The molecule has 0 spiro atoms. The molecule has 0 unspecified atom stereocenters. The highest BCUT2D eigenvalue weighted by Crippen LogP contribution is 2.36. The molecule has 3 heterocycles. The summed E-state index contributed by atoms with van der Waals surface area (Å²) in [5.74, 6) is 1.08. The van der Waals surface area contributed by atoms with Gasteiger partial charge in [0.2, 0.25) is 5.95 Å². The van der Waals surface area contributed by atoms with Crippen LogP contribution < -0.4 is 10.6 Å². The Morgan fingerprint density at radius 2 is 1.74 bits per heavy atom. The maximum Gasteiger partial charge on any atom is 0.288 e. The van der Waals surface area contributed by atoms with Gasteiger partial charge in [0.1, 0.15) is 4.90 Å². The minimum Gasteiger partial charge on any atom is -0.322 e. The van der Waals surface area contributed by atoms with Crippen LogP contribution in [0, 0.1) is 0 Å². The maximum absolute atomic E-state index is 12.9. The molecule has 0 amide bonds. The van der Waals surface area contributed by atoms with E-state index < -0.39 is 10.0 Å². The number of benzene rings is 2. The summed E-state index contributed by atoms with van der Waals surface area (Å²) in [4.78, 5) is 4.73. The third-order valence-electron chi connectivity index (χ3n) is 5.20. The van der Waals surface area contributed by atoms with Gasteiger partial charge in [-0.3, -0.25) is 0 Å². The van der Waals surface area contributed by atoms with Crippen LogP contribution in [-0.2, 0) is 10.0 Å². The molecule has 138 valence electrons. The molecule has 2 N–H and O–H groups in total. The molecule has 0 bridgehead atoms. The molecule has 2 aliphatic heterocycles. The predicted octanol–water partition coefficient (Wildman–Crippen LogP) is 2.71. The lowest BCUT2D eigenvalue weighted by atomic mass is 9.87. The molecule has 5 rings (SSSR count). The van der Waals surface area contributed by atoms with Gasteiger partial charge in [0, 0.05) is 5.56 Å². The van der Waals surface area contributed by atoms with Gasteiger partial charge in [0.05, 0.1) is 5.69 Å². The number of hydrogen-bond donors (Lipinski definition) is 2. The van der Waals surface area contributed by atoms with Crippen molar-refractivity contribution in [2.45, 2.75) is 23.7 Å². The Hall–Kier alpha value is -2.71. The zero-order valence-electron chi connectivity index (χ0n) is 14.6. The third-order valence-corrected chi connectivity index (χ3v) is 6.82. The Balaban J connectivity index is 1.62. The van der Waals surface area contributed by atoms with Crippen molar-refractivity contribution in [3.8, 4) is 11.4 Å². The van der Waals surface area contributed by atoms with E-state index in [9.17, 15) is 8.42 Å². The zero-order chi connectivity index (χ0) is 18.4. The predicted molar refractivity (Wildman–Crippen MR) is 103 cm³/mol. The first-order valence-corrected chi connectivity index (χ1v) is 10.5. The Morgan fingerprint density at radius 1 is 1.00 bits per heavy atom. The lowest BCUT2D eigenvalue weighted by Gasteiger charge is -2.24. The van der Waals surface area contributed by atoms with Gasteiger partial charge >= 0.3 is 0 Å². The minimum absolute atomic E-state index is 0.209. The molecule has 2 aliphatic rings. The van der Waals surface area contributed by atoms with E-state index in [0.717, 1.165) is 35.6 Å². The largest absolute Gasteiger partial charge is 0.322 e. The highest BCUT2D eigenvalue weighted by atomic mass is 32.2. The van der Waals surface area contributed by atoms with Crippen molar-refractivity contribution in [3.05, 3.63) is 54.1 Å². The molecular weight excluding hydrogens is 362 g/mol. The van der Waals surface area contributed by atoms with E-state index in [2.05, 4.69) is 26.8 Å². The molecule has 7 nitrogen and oxygen atoms in total. The van der Waals surface area contributed by atoms with Crippen molar-refractivity contribution in [2.75, 3.05) is 18.4 Å². The van der Waals surface area contributed by atoms with E-state index in [0.29, 0.717) is 17.4 Å². The van der Waals surface area contributed by atoms with Crippen molar-refractivity contribution in [1.82, 2.24) is 19.5 Å². The van der Waals surface area contributed by atoms with Gasteiger partial charge in [-0.25, -0.2) is 0 Å². The summed E-state index contributed by atoms with van der Waals surface area (Å²) in [6, 6.07) is 14.8. The standard InChI is InChI=1S/C19H19N5O2S/c25-27(26)17-8-4-3-7-16(17)21-19-22-18(23-24(19)27)15-6-2-1-5-14(15)13-9-11-20-12-10-13/h1-8,13,20H,9-12H2,(H,21,22,23). The zero-order valence-corrected chi connectivity index (χ0v) is 15.4. The lowest BCUT2D eigenvalue weighted by Crippen LogP contribution is -2.26. The van der Waals surface area contributed by atoms with Crippen LogP contribution in [0.25, 0.3) is 11.4 Å². The summed E-state index contributed by atoms with van der Waals surface area (Å²) in [6.45, 7) is 1.97. The fourth-order valence-electron chi connectivity index (χ4n) is 3.85. The number of para-hydroxylation sites is 1. The van der Waals surface area contributed by atoms with Crippen LogP contribution in [0.3, 0.4) is 0 Å². The van der Waals surface area contributed by atoms with Crippen LogP contribution in [0.15, 0.2) is 53.4 Å². The van der Waals surface area contributed by atoms with Crippen molar-refractivity contribution in [3.63, 3.8) is 0 Å². The summed E-state index contributed by atoms with van der Waals surface area (Å²) in [6.07, 6.45) is 2.10. The summed E-state index contributed by atoms with van der Waals surface area (Å²) in [7, 11) is -3.76. The summed E-state index contributed by atoms with van der Waals surface area (Å²) >= 11 is 0. The smallest absolute Gasteiger partial charge is 0.288 e. The molecule has 27 heavy (non-hydrogen) atoms. The summed E-state index contributed by atoms with van der Waals surface area (Å²) in [5.41, 5.74) is 2.60. The fraction of sp³-hybridized carbons (Fsp3) is 0.263. The van der Waals surface area contributed by atoms with Crippen molar-refractivity contribution < 1.29 is 8.42 Å². The van der Waals surface area contributed by atoms with Crippen LogP contribution in [-0.4, -0.2) is 35.7 Å².